The maximum Gasteiger partial charge on any atom is 0.306 e. The number of rotatable bonds is 3. The standard InChI is InChI=1S/C10H10F2O3/c1-10(15,5-8(13)14)9-6(11)3-2-4-7(9)12/h2-4,15H,5H2,1H3,(H,13,14). The van der Waals surface area contributed by atoms with Gasteiger partial charge in [0.2, 0.25) is 0 Å². The second kappa shape index (κ2) is 3.94. The molecule has 0 heterocycles. The molecule has 1 atom stereocenters. The molecule has 0 aliphatic carbocycles. The van der Waals surface area contributed by atoms with E-state index in [1.54, 1.807) is 0 Å². The topological polar surface area (TPSA) is 57.5 Å². The van der Waals surface area contributed by atoms with Gasteiger partial charge >= 0.3 is 5.97 Å². The molecule has 1 rings (SSSR count). The van der Waals surface area contributed by atoms with Crippen LogP contribution in [0.3, 0.4) is 0 Å². The highest BCUT2D eigenvalue weighted by Gasteiger charge is 2.32. The lowest BCUT2D eigenvalue weighted by molar-refractivity contribution is -0.142. The van der Waals surface area contributed by atoms with Crippen molar-refractivity contribution < 1.29 is 23.8 Å². The summed E-state index contributed by atoms with van der Waals surface area (Å²) in [5, 5.41) is 18.1. The fourth-order valence-corrected chi connectivity index (χ4v) is 1.40. The van der Waals surface area contributed by atoms with Gasteiger partial charge < -0.3 is 10.2 Å². The molecule has 0 saturated heterocycles. The first kappa shape index (κ1) is 11.6. The predicted molar refractivity (Wildman–Crippen MR) is 48.2 cm³/mol. The Labute approximate surface area is 85.0 Å². The lowest BCUT2D eigenvalue weighted by atomic mass is 9.91. The van der Waals surface area contributed by atoms with Gasteiger partial charge in [0.15, 0.2) is 0 Å². The van der Waals surface area contributed by atoms with Crippen LogP contribution in [0, 0.1) is 11.6 Å². The van der Waals surface area contributed by atoms with E-state index in [1.807, 2.05) is 0 Å². The maximum atomic E-state index is 13.2. The third-order valence-corrected chi connectivity index (χ3v) is 2.00. The van der Waals surface area contributed by atoms with Gasteiger partial charge in [-0.3, -0.25) is 4.79 Å². The Morgan fingerprint density at radius 3 is 2.27 bits per heavy atom. The summed E-state index contributed by atoms with van der Waals surface area (Å²) in [6.07, 6.45) is -0.759. The van der Waals surface area contributed by atoms with Crippen molar-refractivity contribution >= 4 is 5.97 Å². The van der Waals surface area contributed by atoms with Crippen molar-refractivity contribution in [1.82, 2.24) is 0 Å². The van der Waals surface area contributed by atoms with E-state index in [1.165, 1.54) is 0 Å². The molecule has 3 nitrogen and oxygen atoms in total. The molecule has 1 unspecified atom stereocenters. The fourth-order valence-electron chi connectivity index (χ4n) is 1.40. The second-order valence-corrected chi connectivity index (χ2v) is 3.44. The number of benzene rings is 1. The van der Waals surface area contributed by atoms with Crippen LogP contribution in [0.2, 0.25) is 0 Å². The normalized spacial score (nSPS) is 14.7. The lowest BCUT2D eigenvalue weighted by Crippen LogP contribution is -2.27. The van der Waals surface area contributed by atoms with E-state index in [4.69, 9.17) is 5.11 Å². The fraction of sp³-hybridized carbons (Fsp3) is 0.300. The Morgan fingerprint density at radius 2 is 1.87 bits per heavy atom. The van der Waals surface area contributed by atoms with Crippen molar-refractivity contribution in [2.45, 2.75) is 18.9 Å². The average molecular weight is 216 g/mol. The SMILES string of the molecule is CC(O)(CC(=O)O)c1c(F)cccc1F. The molecule has 5 heteroatoms. The summed E-state index contributed by atoms with van der Waals surface area (Å²) < 4.78 is 26.4. The zero-order chi connectivity index (χ0) is 11.6. The Kier molecular flexibility index (Phi) is 3.04. The molecule has 0 spiro atoms. The van der Waals surface area contributed by atoms with Crippen LogP contribution in [0.4, 0.5) is 8.78 Å². The van der Waals surface area contributed by atoms with Gasteiger partial charge in [-0.1, -0.05) is 6.07 Å². The van der Waals surface area contributed by atoms with Crippen LogP contribution in [0.1, 0.15) is 18.9 Å². The molecule has 0 radical (unpaired) electrons. The first-order chi connectivity index (χ1) is 6.84. The largest absolute Gasteiger partial charge is 0.481 e. The minimum atomic E-state index is -2.05. The average Bonchev–Trinajstić information content (AvgIpc) is 1.99. The molecule has 0 fully saturated rings. The Morgan fingerprint density at radius 1 is 1.40 bits per heavy atom. The quantitative estimate of drug-likeness (QED) is 0.807. The number of carbonyl (C=O) groups is 1. The van der Waals surface area contributed by atoms with E-state index < -0.39 is 35.2 Å². The second-order valence-electron chi connectivity index (χ2n) is 3.44. The summed E-state index contributed by atoms with van der Waals surface area (Å²) in [5.41, 5.74) is -2.67. The minimum Gasteiger partial charge on any atom is -0.481 e. The number of carboxylic acid groups (broad SMARTS) is 1. The first-order valence-electron chi connectivity index (χ1n) is 4.23. The van der Waals surface area contributed by atoms with Crippen molar-refractivity contribution in [1.29, 1.82) is 0 Å². The van der Waals surface area contributed by atoms with Gasteiger partial charge in [-0.05, 0) is 19.1 Å². The highest BCUT2D eigenvalue weighted by Crippen LogP contribution is 2.29. The van der Waals surface area contributed by atoms with Gasteiger partial charge in [-0.2, -0.15) is 0 Å². The van der Waals surface area contributed by atoms with E-state index in [-0.39, 0.29) is 0 Å². The molecule has 15 heavy (non-hydrogen) atoms. The number of hydrogen-bond acceptors (Lipinski definition) is 2. The molecule has 0 aliphatic heterocycles. The molecule has 0 aromatic heterocycles. The summed E-state index contributed by atoms with van der Waals surface area (Å²) in [6, 6.07) is 3.08. The van der Waals surface area contributed by atoms with Crippen LogP contribution < -0.4 is 0 Å². The van der Waals surface area contributed by atoms with Crippen LogP contribution in [0.15, 0.2) is 18.2 Å². The number of aliphatic hydroxyl groups is 1. The van der Waals surface area contributed by atoms with Crippen molar-refractivity contribution in [3.8, 4) is 0 Å². The monoisotopic (exact) mass is 216 g/mol. The Bertz CT molecular complexity index is 368. The minimum absolute atomic E-state index is 0.618. The number of hydrogen-bond donors (Lipinski definition) is 2. The third kappa shape index (κ3) is 2.50. The van der Waals surface area contributed by atoms with Gasteiger partial charge in [-0.25, -0.2) is 8.78 Å². The van der Waals surface area contributed by atoms with Crippen LogP contribution in [0.5, 0.6) is 0 Å². The molecule has 1 aromatic rings. The van der Waals surface area contributed by atoms with E-state index in [0.29, 0.717) is 0 Å². The van der Waals surface area contributed by atoms with E-state index in [9.17, 15) is 18.7 Å². The Hall–Kier alpha value is -1.49. The Balaban J connectivity index is 3.19. The van der Waals surface area contributed by atoms with Crippen molar-refractivity contribution in [3.05, 3.63) is 35.4 Å². The molecule has 0 amide bonds. The molecule has 82 valence electrons. The third-order valence-electron chi connectivity index (χ3n) is 2.00. The van der Waals surface area contributed by atoms with E-state index >= 15 is 0 Å². The zero-order valence-electron chi connectivity index (χ0n) is 8.00. The molecular weight excluding hydrogens is 206 g/mol. The lowest BCUT2D eigenvalue weighted by Gasteiger charge is -2.22. The molecule has 2 N–H and O–H groups in total. The van der Waals surface area contributed by atoms with Gasteiger partial charge in [-0.15, -0.1) is 0 Å². The van der Waals surface area contributed by atoms with Crippen LogP contribution in [-0.2, 0) is 10.4 Å². The number of aliphatic carboxylic acids is 1. The van der Waals surface area contributed by atoms with Gasteiger partial charge in [0, 0.05) is 0 Å². The molecule has 0 bridgehead atoms. The van der Waals surface area contributed by atoms with Crippen molar-refractivity contribution in [2.75, 3.05) is 0 Å². The molecule has 0 saturated carbocycles. The zero-order valence-corrected chi connectivity index (χ0v) is 8.00. The first-order valence-corrected chi connectivity index (χ1v) is 4.23. The van der Waals surface area contributed by atoms with E-state index in [0.717, 1.165) is 25.1 Å². The summed E-state index contributed by atoms with van der Waals surface area (Å²) in [5.74, 6) is -3.25. The number of carboxylic acids is 1. The maximum absolute atomic E-state index is 13.2. The van der Waals surface area contributed by atoms with Crippen LogP contribution in [0.25, 0.3) is 0 Å². The smallest absolute Gasteiger partial charge is 0.306 e. The highest BCUT2D eigenvalue weighted by atomic mass is 19.1. The van der Waals surface area contributed by atoms with Crippen LogP contribution in [-0.4, -0.2) is 16.2 Å². The summed E-state index contributed by atoms with van der Waals surface area (Å²) >= 11 is 0. The van der Waals surface area contributed by atoms with Crippen molar-refractivity contribution in [2.24, 2.45) is 0 Å². The van der Waals surface area contributed by atoms with Crippen molar-refractivity contribution in [3.63, 3.8) is 0 Å². The highest BCUT2D eigenvalue weighted by molar-refractivity contribution is 5.68. The predicted octanol–water partition coefficient (Wildman–Crippen LogP) is 1.65. The molecule has 0 aliphatic rings. The summed E-state index contributed by atoms with van der Waals surface area (Å²) in [4.78, 5) is 10.4. The van der Waals surface area contributed by atoms with Gasteiger partial charge in [0.25, 0.3) is 0 Å². The van der Waals surface area contributed by atoms with Crippen LogP contribution >= 0.6 is 0 Å². The molecule has 1 aromatic carbocycles. The summed E-state index contributed by atoms with van der Waals surface area (Å²) in [6.45, 7) is 1.06. The summed E-state index contributed by atoms with van der Waals surface area (Å²) in [7, 11) is 0. The number of halogens is 2. The molecular formula is C10H10F2O3. The van der Waals surface area contributed by atoms with Gasteiger partial charge in [0.1, 0.15) is 17.2 Å². The van der Waals surface area contributed by atoms with Gasteiger partial charge in [0.05, 0.1) is 12.0 Å². The van der Waals surface area contributed by atoms with E-state index in [2.05, 4.69) is 0 Å².